The van der Waals surface area contributed by atoms with Crippen molar-refractivity contribution in [2.75, 3.05) is 7.11 Å². The summed E-state index contributed by atoms with van der Waals surface area (Å²) in [7, 11) is 1.56. The molecule has 100 valence electrons. The minimum Gasteiger partial charge on any atom is -0.506 e. The number of hydrogen-bond donors (Lipinski definition) is 2. The Morgan fingerprint density at radius 2 is 2.11 bits per heavy atom. The fourth-order valence-corrected chi connectivity index (χ4v) is 2.18. The van der Waals surface area contributed by atoms with E-state index in [2.05, 4.69) is 4.98 Å². The molecule has 0 amide bonds. The second kappa shape index (κ2) is 4.76. The van der Waals surface area contributed by atoms with Crippen LogP contribution in [-0.2, 0) is 6.42 Å². The monoisotopic (exact) mass is 261 g/mol. The summed E-state index contributed by atoms with van der Waals surface area (Å²) in [5.41, 5.74) is 1.59. The van der Waals surface area contributed by atoms with Crippen molar-refractivity contribution in [2.24, 2.45) is 0 Å². The first-order chi connectivity index (χ1) is 9.01. The summed E-state index contributed by atoms with van der Waals surface area (Å²) >= 11 is 0. The van der Waals surface area contributed by atoms with Crippen LogP contribution in [0.1, 0.15) is 28.5 Å². The van der Waals surface area contributed by atoms with Crippen LogP contribution in [0.4, 0.5) is 0 Å². The minimum atomic E-state index is -1.17. The molecule has 2 rings (SSSR count). The van der Waals surface area contributed by atoms with Gasteiger partial charge in [-0.15, -0.1) is 0 Å². The number of aromatic nitrogens is 1. The Balaban J connectivity index is 2.91. The van der Waals surface area contributed by atoms with Crippen LogP contribution >= 0.6 is 0 Å². The summed E-state index contributed by atoms with van der Waals surface area (Å²) in [5.74, 6) is -0.748. The first kappa shape index (κ1) is 13.1. The number of aromatic carboxylic acids is 1. The predicted molar refractivity (Wildman–Crippen MR) is 71.0 cm³/mol. The van der Waals surface area contributed by atoms with Crippen molar-refractivity contribution in [3.05, 3.63) is 29.0 Å². The van der Waals surface area contributed by atoms with Crippen LogP contribution in [0, 0.1) is 6.92 Å². The lowest BCUT2D eigenvalue weighted by molar-refractivity contribution is 0.0692. The van der Waals surface area contributed by atoms with Crippen molar-refractivity contribution in [3.63, 3.8) is 0 Å². The maximum absolute atomic E-state index is 11.2. The van der Waals surface area contributed by atoms with Gasteiger partial charge >= 0.3 is 5.97 Å². The van der Waals surface area contributed by atoms with Crippen LogP contribution in [-0.4, -0.2) is 28.3 Å². The summed E-state index contributed by atoms with van der Waals surface area (Å²) in [6.45, 7) is 3.63. The fourth-order valence-electron chi connectivity index (χ4n) is 2.18. The van der Waals surface area contributed by atoms with Gasteiger partial charge in [-0.2, -0.15) is 0 Å². The van der Waals surface area contributed by atoms with Crippen LogP contribution in [0.3, 0.4) is 0 Å². The molecular formula is C14H15NO4. The van der Waals surface area contributed by atoms with Crippen LogP contribution < -0.4 is 4.74 Å². The zero-order valence-electron chi connectivity index (χ0n) is 11.0. The highest BCUT2D eigenvalue weighted by Crippen LogP contribution is 2.34. The average Bonchev–Trinajstić information content (AvgIpc) is 2.39. The van der Waals surface area contributed by atoms with E-state index in [1.54, 1.807) is 26.2 Å². The third-order valence-electron chi connectivity index (χ3n) is 3.18. The first-order valence-corrected chi connectivity index (χ1v) is 5.93. The number of methoxy groups -OCH3 is 1. The van der Waals surface area contributed by atoms with E-state index in [-0.39, 0.29) is 11.3 Å². The van der Waals surface area contributed by atoms with Crippen molar-refractivity contribution in [1.29, 1.82) is 0 Å². The molecule has 2 N–H and O–H groups in total. The molecule has 0 saturated heterocycles. The summed E-state index contributed by atoms with van der Waals surface area (Å²) in [6, 6.07) is 3.31. The predicted octanol–water partition coefficient (Wildman–Crippen LogP) is 2.52. The number of benzene rings is 1. The SMILES string of the molecule is CCc1nc2c(C)c(OC)ccc2c(O)c1C(=O)O. The Bertz CT molecular complexity index is 664. The van der Waals surface area contributed by atoms with Crippen molar-refractivity contribution < 1.29 is 19.7 Å². The van der Waals surface area contributed by atoms with Crippen molar-refractivity contribution in [3.8, 4) is 11.5 Å². The molecule has 0 unspecified atom stereocenters. The van der Waals surface area contributed by atoms with Gasteiger partial charge in [0.1, 0.15) is 17.1 Å². The molecule has 5 nitrogen and oxygen atoms in total. The molecule has 2 aromatic rings. The maximum atomic E-state index is 11.2. The minimum absolute atomic E-state index is 0.125. The van der Waals surface area contributed by atoms with Gasteiger partial charge in [-0.3, -0.25) is 4.98 Å². The third kappa shape index (κ3) is 1.97. The number of nitrogens with zero attached hydrogens (tertiary/aromatic N) is 1. The summed E-state index contributed by atoms with van der Waals surface area (Å²) < 4.78 is 5.21. The lowest BCUT2D eigenvalue weighted by Gasteiger charge is -2.12. The van der Waals surface area contributed by atoms with Gasteiger partial charge in [-0.25, -0.2) is 4.79 Å². The van der Waals surface area contributed by atoms with E-state index in [1.165, 1.54) is 0 Å². The van der Waals surface area contributed by atoms with E-state index in [0.717, 1.165) is 5.56 Å². The number of hydrogen-bond acceptors (Lipinski definition) is 4. The van der Waals surface area contributed by atoms with Gasteiger partial charge in [0.2, 0.25) is 0 Å². The highest BCUT2D eigenvalue weighted by atomic mass is 16.5. The van der Waals surface area contributed by atoms with Gasteiger partial charge in [0.05, 0.1) is 18.3 Å². The third-order valence-corrected chi connectivity index (χ3v) is 3.18. The zero-order valence-corrected chi connectivity index (χ0v) is 11.0. The number of carboxylic acid groups (broad SMARTS) is 1. The molecule has 5 heteroatoms. The van der Waals surface area contributed by atoms with E-state index in [0.29, 0.717) is 28.8 Å². The number of aromatic hydroxyl groups is 1. The van der Waals surface area contributed by atoms with E-state index < -0.39 is 5.97 Å². The van der Waals surface area contributed by atoms with Crippen molar-refractivity contribution in [1.82, 2.24) is 4.98 Å². The molecule has 0 fully saturated rings. The molecule has 19 heavy (non-hydrogen) atoms. The molecule has 0 spiro atoms. The number of ether oxygens (including phenoxy) is 1. The Kier molecular flexibility index (Phi) is 3.29. The van der Waals surface area contributed by atoms with Gasteiger partial charge in [0, 0.05) is 10.9 Å². The number of carbonyl (C=O) groups is 1. The lowest BCUT2D eigenvalue weighted by atomic mass is 10.0. The standard InChI is InChI=1S/C14H15NO4/c1-4-9-11(14(17)18)13(16)8-5-6-10(19-3)7(2)12(8)15-9/h5-6H,4H2,1-3H3,(H,15,16)(H,17,18). The smallest absolute Gasteiger partial charge is 0.341 e. The number of carboxylic acids is 1. The largest absolute Gasteiger partial charge is 0.506 e. The molecule has 1 aromatic carbocycles. The molecule has 0 aliphatic carbocycles. The Labute approximate surface area is 110 Å². The van der Waals surface area contributed by atoms with Gasteiger partial charge in [0.25, 0.3) is 0 Å². The van der Waals surface area contributed by atoms with Crippen LogP contribution in [0.25, 0.3) is 10.9 Å². The average molecular weight is 261 g/mol. The topological polar surface area (TPSA) is 79.7 Å². The van der Waals surface area contributed by atoms with E-state index in [9.17, 15) is 15.0 Å². The number of fused-ring (bicyclic) bond motifs is 1. The Morgan fingerprint density at radius 3 is 2.63 bits per heavy atom. The first-order valence-electron chi connectivity index (χ1n) is 5.93. The highest BCUT2D eigenvalue weighted by Gasteiger charge is 2.20. The molecule has 1 heterocycles. The normalized spacial score (nSPS) is 10.7. The molecule has 0 aliphatic heterocycles. The van der Waals surface area contributed by atoms with Crippen molar-refractivity contribution in [2.45, 2.75) is 20.3 Å². The van der Waals surface area contributed by atoms with E-state index in [1.807, 2.05) is 6.92 Å². The Morgan fingerprint density at radius 1 is 1.42 bits per heavy atom. The quantitative estimate of drug-likeness (QED) is 0.887. The van der Waals surface area contributed by atoms with Crippen LogP contribution in [0.5, 0.6) is 11.5 Å². The zero-order chi connectivity index (χ0) is 14.2. The molecule has 0 saturated carbocycles. The summed E-state index contributed by atoms with van der Waals surface area (Å²) in [6.07, 6.45) is 0.432. The van der Waals surface area contributed by atoms with E-state index >= 15 is 0 Å². The van der Waals surface area contributed by atoms with Crippen LogP contribution in [0.2, 0.25) is 0 Å². The fraction of sp³-hybridized carbons (Fsp3) is 0.286. The molecule has 0 atom stereocenters. The maximum Gasteiger partial charge on any atom is 0.341 e. The molecular weight excluding hydrogens is 246 g/mol. The lowest BCUT2D eigenvalue weighted by Crippen LogP contribution is -2.06. The van der Waals surface area contributed by atoms with Gasteiger partial charge in [-0.1, -0.05) is 6.92 Å². The second-order valence-corrected chi connectivity index (χ2v) is 4.23. The molecule has 1 aromatic heterocycles. The number of aryl methyl sites for hydroxylation is 2. The van der Waals surface area contributed by atoms with Crippen LogP contribution in [0.15, 0.2) is 12.1 Å². The number of pyridine rings is 1. The second-order valence-electron chi connectivity index (χ2n) is 4.23. The number of rotatable bonds is 3. The highest BCUT2D eigenvalue weighted by molar-refractivity contribution is 6.01. The molecule has 0 bridgehead atoms. The van der Waals surface area contributed by atoms with Gasteiger partial charge < -0.3 is 14.9 Å². The van der Waals surface area contributed by atoms with Gasteiger partial charge in [0.15, 0.2) is 0 Å². The Hall–Kier alpha value is -2.30. The summed E-state index contributed by atoms with van der Waals surface area (Å²) in [4.78, 5) is 15.6. The van der Waals surface area contributed by atoms with Crippen molar-refractivity contribution >= 4 is 16.9 Å². The molecule has 0 radical (unpaired) electrons. The van der Waals surface area contributed by atoms with E-state index in [4.69, 9.17) is 4.74 Å². The molecule has 0 aliphatic rings. The summed E-state index contributed by atoms with van der Waals surface area (Å²) in [5, 5.41) is 19.8. The van der Waals surface area contributed by atoms with Gasteiger partial charge in [-0.05, 0) is 25.5 Å².